The summed E-state index contributed by atoms with van der Waals surface area (Å²) in [5, 5.41) is 3.53. The van der Waals surface area contributed by atoms with Gasteiger partial charge in [-0.1, -0.05) is 6.07 Å². The quantitative estimate of drug-likeness (QED) is 0.846. The van der Waals surface area contributed by atoms with Crippen molar-refractivity contribution in [3.05, 3.63) is 28.2 Å². The molecule has 3 nitrogen and oxygen atoms in total. The van der Waals surface area contributed by atoms with Crippen molar-refractivity contribution in [3.63, 3.8) is 0 Å². The van der Waals surface area contributed by atoms with Crippen molar-refractivity contribution in [2.75, 3.05) is 27.2 Å². The number of hydrogen-bond acceptors (Lipinski definition) is 3. The average molecular weight is 355 g/mol. The van der Waals surface area contributed by atoms with Crippen molar-refractivity contribution in [2.45, 2.75) is 44.7 Å². The summed E-state index contributed by atoms with van der Waals surface area (Å²) in [6.45, 7) is 7.16. The number of ether oxygens (including phenoxy) is 1. The van der Waals surface area contributed by atoms with Crippen LogP contribution in [0.5, 0.6) is 5.75 Å². The normalized spacial score (nSPS) is 18.0. The van der Waals surface area contributed by atoms with Crippen molar-refractivity contribution in [1.29, 1.82) is 0 Å². The van der Waals surface area contributed by atoms with Gasteiger partial charge in [-0.05, 0) is 86.9 Å². The molecule has 1 N–H and O–H groups in total. The standard InChI is InChI=1S/C17H27BrN2O/c1-17(2,20-9-5-6-10-20)16(19-3)12-13-7-8-15(21-4)14(18)11-13/h7-8,11,16,19H,5-6,9-10,12H2,1-4H3. The maximum absolute atomic E-state index is 5.31. The minimum atomic E-state index is 0.164. The van der Waals surface area contributed by atoms with Crippen LogP contribution in [0, 0.1) is 0 Å². The first-order chi connectivity index (χ1) is 9.98. The molecule has 2 rings (SSSR count). The summed E-state index contributed by atoms with van der Waals surface area (Å²) in [6, 6.07) is 6.79. The molecule has 0 aromatic heterocycles. The van der Waals surface area contributed by atoms with Crippen LogP contribution in [0.4, 0.5) is 0 Å². The molecule has 1 fully saturated rings. The number of likely N-dealkylation sites (tertiary alicyclic amines) is 1. The third-order valence-electron chi connectivity index (χ3n) is 4.78. The molecule has 1 unspecified atom stereocenters. The molecule has 0 spiro atoms. The Morgan fingerprint density at radius 3 is 2.52 bits per heavy atom. The molecular formula is C17H27BrN2O. The van der Waals surface area contributed by atoms with E-state index in [1.54, 1.807) is 7.11 Å². The molecule has 0 radical (unpaired) electrons. The molecule has 0 bridgehead atoms. The summed E-state index contributed by atoms with van der Waals surface area (Å²) in [5.41, 5.74) is 1.49. The van der Waals surface area contributed by atoms with E-state index in [4.69, 9.17) is 4.74 Å². The Morgan fingerprint density at radius 2 is 2.00 bits per heavy atom. The van der Waals surface area contributed by atoms with Crippen LogP contribution in [0.25, 0.3) is 0 Å². The molecule has 1 heterocycles. The number of nitrogens with zero attached hydrogens (tertiary/aromatic N) is 1. The molecule has 1 atom stereocenters. The number of rotatable bonds is 6. The van der Waals surface area contributed by atoms with Crippen LogP contribution >= 0.6 is 15.9 Å². The molecule has 1 aromatic carbocycles. The molecule has 1 aliphatic heterocycles. The average Bonchev–Trinajstić information content (AvgIpc) is 2.99. The van der Waals surface area contributed by atoms with E-state index in [0.717, 1.165) is 16.6 Å². The van der Waals surface area contributed by atoms with Gasteiger partial charge in [0.25, 0.3) is 0 Å². The molecule has 118 valence electrons. The maximum atomic E-state index is 5.31. The molecule has 1 aromatic rings. The summed E-state index contributed by atoms with van der Waals surface area (Å²) in [6.07, 6.45) is 3.67. The number of hydrogen-bond donors (Lipinski definition) is 1. The highest BCUT2D eigenvalue weighted by molar-refractivity contribution is 9.10. The van der Waals surface area contributed by atoms with Crippen LogP contribution in [0.3, 0.4) is 0 Å². The van der Waals surface area contributed by atoms with Gasteiger partial charge in [0, 0.05) is 11.6 Å². The van der Waals surface area contributed by atoms with Gasteiger partial charge in [0.1, 0.15) is 5.75 Å². The summed E-state index contributed by atoms with van der Waals surface area (Å²) in [5.74, 6) is 0.888. The minimum Gasteiger partial charge on any atom is -0.496 e. The molecule has 0 saturated carbocycles. The molecule has 4 heteroatoms. The van der Waals surface area contributed by atoms with Gasteiger partial charge in [0.15, 0.2) is 0 Å². The second-order valence-electron chi connectivity index (χ2n) is 6.36. The molecule has 1 aliphatic rings. The van der Waals surface area contributed by atoms with Gasteiger partial charge in [0.05, 0.1) is 11.6 Å². The fraction of sp³-hybridized carbons (Fsp3) is 0.647. The topological polar surface area (TPSA) is 24.5 Å². The fourth-order valence-corrected chi connectivity index (χ4v) is 3.88. The molecule has 0 amide bonds. The Bertz CT molecular complexity index is 470. The lowest BCUT2D eigenvalue weighted by molar-refractivity contribution is 0.110. The molecule has 21 heavy (non-hydrogen) atoms. The Morgan fingerprint density at radius 1 is 1.33 bits per heavy atom. The van der Waals surface area contributed by atoms with Crippen LogP contribution in [0.2, 0.25) is 0 Å². The van der Waals surface area contributed by atoms with E-state index in [1.807, 2.05) is 6.07 Å². The van der Waals surface area contributed by atoms with Crippen LogP contribution < -0.4 is 10.1 Å². The Balaban J connectivity index is 2.12. The molecule has 0 aliphatic carbocycles. The number of methoxy groups -OCH3 is 1. The van der Waals surface area contributed by atoms with Gasteiger partial charge in [-0.25, -0.2) is 0 Å². The van der Waals surface area contributed by atoms with E-state index in [-0.39, 0.29) is 5.54 Å². The Kier molecular flexibility index (Phi) is 5.69. The first-order valence-corrected chi connectivity index (χ1v) is 8.53. The highest BCUT2D eigenvalue weighted by Gasteiger charge is 2.35. The smallest absolute Gasteiger partial charge is 0.133 e. The third-order valence-corrected chi connectivity index (χ3v) is 5.40. The highest BCUT2D eigenvalue weighted by atomic mass is 79.9. The summed E-state index contributed by atoms with van der Waals surface area (Å²) >= 11 is 3.58. The van der Waals surface area contributed by atoms with Crippen LogP contribution in [0.1, 0.15) is 32.3 Å². The van der Waals surface area contributed by atoms with Gasteiger partial charge in [0.2, 0.25) is 0 Å². The number of likely N-dealkylation sites (N-methyl/N-ethyl adjacent to an activating group) is 1. The lowest BCUT2D eigenvalue weighted by Gasteiger charge is -2.42. The zero-order valence-electron chi connectivity index (χ0n) is 13.6. The summed E-state index contributed by atoms with van der Waals surface area (Å²) < 4.78 is 6.33. The van der Waals surface area contributed by atoms with Gasteiger partial charge < -0.3 is 10.1 Å². The van der Waals surface area contributed by atoms with Crippen molar-refractivity contribution >= 4 is 15.9 Å². The summed E-state index contributed by atoms with van der Waals surface area (Å²) in [4.78, 5) is 2.62. The number of halogens is 1. The van der Waals surface area contributed by atoms with Crippen LogP contribution in [-0.4, -0.2) is 43.7 Å². The zero-order chi connectivity index (χ0) is 15.5. The first-order valence-electron chi connectivity index (χ1n) is 7.73. The predicted molar refractivity (Wildman–Crippen MR) is 92.1 cm³/mol. The molecule has 1 saturated heterocycles. The third kappa shape index (κ3) is 3.79. The zero-order valence-corrected chi connectivity index (χ0v) is 15.2. The monoisotopic (exact) mass is 354 g/mol. The van der Waals surface area contributed by atoms with E-state index in [9.17, 15) is 0 Å². The lowest BCUT2D eigenvalue weighted by Crippen LogP contribution is -2.57. The van der Waals surface area contributed by atoms with E-state index in [2.05, 4.69) is 59.2 Å². The van der Waals surface area contributed by atoms with E-state index in [1.165, 1.54) is 31.5 Å². The first kappa shape index (κ1) is 16.8. The van der Waals surface area contributed by atoms with Crippen LogP contribution in [-0.2, 0) is 6.42 Å². The van der Waals surface area contributed by atoms with E-state index >= 15 is 0 Å². The van der Waals surface area contributed by atoms with Gasteiger partial charge in [-0.3, -0.25) is 4.90 Å². The van der Waals surface area contributed by atoms with E-state index < -0.39 is 0 Å². The van der Waals surface area contributed by atoms with E-state index in [0.29, 0.717) is 6.04 Å². The fourth-order valence-electron chi connectivity index (χ4n) is 3.29. The Labute approximate surface area is 137 Å². The lowest BCUT2D eigenvalue weighted by atomic mass is 9.87. The second kappa shape index (κ2) is 7.12. The number of nitrogens with one attached hydrogen (secondary N) is 1. The van der Waals surface area contributed by atoms with Crippen LogP contribution in [0.15, 0.2) is 22.7 Å². The largest absolute Gasteiger partial charge is 0.496 e. The highest BCUT2D eigenvalue weighted by Crippen LogP contribution is 2.29. The maximum Gasteiger partial charge on any atom is 0.133 e. The van der Waals surface area contributed by atoms with Crippen molar-refractivity contribution < 1.29 is 4.74 Å². The number of benzene rings is 1. The predicted octanol–water partition coefficient (Wildman–Crippen LogP) is 3.46. The minimum absolute atomic E-state index is 0.164. The SMILES string of the molecule is CNC(Cc1ccc(OC)c(Br)c1)C(C)(C)N1CCCC1. The van der Waals surface area contributed by atoms with Gasteiger partial charge >= 0.3 is 0 Å². The Hall–Kier alpha value is -0.580. The van der Waals surface area contributed by atoms with Crippen molar-refractivity contribution in [1.82, 2.24) is 10.2 Å². The molecular weight excluding hydrogens is 328 g/mol. The second-order valence-corrected chi connectivity index (χ2v) is 7.22. The van der Waals surface area contributed by atoms with Gasteiger partial charge in [-0.15, -0.1) is 0 Å². The van der Waals surface area contributed by atoms with Crippen molar-refractivity contribution in [2.24, 2.45) is 0 Å². The summed E-state index contributed by atoms with van der Waals surface area (Å²) in [7, 11) is 3.77. The van der Waals surface area contributed by atoms with Gasteiger partial charge in [-0.2, -0.15) is 0 Å². The van der Waals surface area contributed by atoms with Crippen molar-refractivity contribution in [3.8, 4) is 5.75 Å².